The number of nitrogens with one attached hydrogen (secondary N) is 3. The van der Waals surface area contributed by atoms with Gasteiger partial charge in [0.25, 0.3) is 5.91 Å². The number of amides is 2. The Morgan fingerprint density at radius 2 is 1.70 bits per heavy atom. The van der Waals surface area contributed by atoms with E-state index in [2.05, 4.69) is 16.2 Å². The van der Waals surface area contributed by atoms with E-state index < -0.39 is 11.8 Å². The molecule has 3 N–H and O–H groups in total. The molecule has 0 aliphatic heterocycles. The van der Waals surface area contributed by atoms with E-state index >= 15 is 0 Å². The van der Waals surface area contributed by atoms with Crippen molar-refractivity contribution in [2.24, 2.45) is 0 Å². The van der Waals surface area contributed by atoms with Gasteiger partial charge in [0.15, 0.2) is 11.7 Å². The van der Waals surface area contributed by atoms with Crippen LogP contribution in [0.25, 0.3) is 16.8 Å². The Morgan fingerprint density at radius 3 is 2.53 bits per heavy atom. The summed E-state index contributed by atoms with van der Waals surface area (Å²) in [6, 6.07) is 21.2. The van der Waals surface area contributed by atoms with E-state index in [1.807, 2.05) is 67.6 Å². The molecule has 6 nitrogen and oxygen atoms in total. The standard InChI is InChI=1S/C23H21N3O3S/c1-16-7-2-5-12-20(16)29-15-22(28)25-26-23(30)24-21(27)14-13-18-10-6-9-17-8-3-4-11-19(17)18/h2-14H,15H2,1H3,(H,25,28)(H2,24,26,27,30). The number of hydrogen-bond acceptors (Lipinski definition) is 4. The zero-order valence-electron chi connectivity index (χ0n) is 16.3. The summed E-state index contributed by atoms with van der Waals surface area (Å²) in [5.74, 6) is -0.214. The topological polar surface area (TPSA) is 79.5 Å². The first-order valence-corrected chi connectivity index (χ1v) is 9.68. The van der Waals surface area contributed by atoms with Crippen molar-refractivity contribution in [3.63, 3.8) is 0 Å². The number of hydrogen-bond donors (Lipinski definition) is 3. The average molecular weight is 420 g/mol. The van der Waals surface area contributed by atoms with Crippen molar-refractivity contribution < 1.29 is 14.3 Å². The molecule has 0 saturated carbocycles. The van der Waals surface area contributed by atoms with E-state index in [0.29, 0.717) is 5.75 Å². The van der Waals surface area contributed by atoms with Crippen molar-refractivity contribution in [1.82, 2.24) is 16.2 Å². The number of benzene rings is 3. The highest BCUT2D eigenvalue weighted by Gasteiger charge is 2.06. The number of ether oxygens (including phenoxy) is 1. The number of thiocarbonyl (C=S) groups is 1. The molecule has 7 heteroatoms. The van der Waals surface area contributed by atoms with Crippen molar-refractivity contribution in [2.45, 2.75) is 6.92 Å². The maximum absolute atomic E-state index is 12.1. The number of carbonyl (C=O) groups excluding carboxylic acids is 2. The summed E-state index contributed by atoms with van der Waals surface area (Å²) in [5.41, 5.74) is 6.71. The highest BCUT2D eigenvalue weighted by atomic mass is 32.1. The van der Waals surface area contributed by atoms with Crippen LogP contribution in [-0.2, 0) is 9.59 Å². The molecule has 0 spiro atoms. The number of carbonyl (C=O) groups is 2. The van der Waals surface area contributed by atoms with Crippen LogP contribution in [-0.4, -0.2) is 23.5 Å². The molecule has 2 amide bonds. The van der Waals surface area contributed by atoms with Gasteiger partial charge in [-0.05, 0) is 53.2 Å². The fourth-order valence-electron chi connectivity index (χ4n) is 2.77. The van der Waals surface area contributed by atoms with Crippen LogP contribution in [0.4, 0.5) is 0 Å². The van der Waals surface area contributed by atoms with E-state index in [-0.39, 0.29) is 11.7 Å². The first-order valence-electron chi connectivity index (χ1n) is 9.27. The second-order valence-electron chi connectivity index (χ2n) is 6.45. The predicted octanol–water partition coefficient (Wildman–Crippen LogP) is 3.26. The molecule has 152 valence electrons. The Hall–Kier alpha value is -3.71. The molecule has 3 aromatic rings. The van der Waals surface area contributed by atoms with Gasteiger partial charge in [-0.3, -0.25) is 25.8 Å². The molecule has 3 aromatic carbocycles. The minimum absolute atomic E-state index is 0.0215. The van der Waals surface area contributed by atoms with Crippen molar-refractivity contribution in [3.8, 4) is 5.75 Å². The molecular formula is C23H21N3O3S. The molecule has 0 aliphatic carbocycles. The van der Waals surface area contributed by atoms with Gasteiger partial charge in [-0.25, -0.2) is 0 Å². The van der Waals surface area contributed by atoms with Crippen molar-refractivity contribution in [3.05, 3.63) is 83.9 Å². The second kappa shape index (κ2) is 10.2. The average Bonchev–Trinajstić information content (AvgIpc) is 2.75. The minimum atomic E-state index is -0.429. The van der Waals surface area contributed by atoms with Crippen LogP contribution in [0.15, 0.2) is 72.8 Å². The van der Waals surface area contributed by atoms with Crippen molar-refractivity contribution in [2.75, 3.05) is 6.61 Å². The molecular weight excluding hydrogens is 398 g/mol. The Labute approximate surface area is 179 Å². The first kappa shape index (κ1) is 21.0. The lowest BCUT2D eigenvalue weighted by Crippen LogP contribution is -2.49. The van der Waals surface area contributed by atoms with E-state index in [0.717, 1.165) is 21.9 Å². The molecule has 0 bridgehead atoms. The smallest absolute Gasteiger partial charge is 0.276 e. The van der Waals surface area contributed by atoms with Gasteiger partial charge < -0.3 is 4.74 Å². The van der Waals surface area contributed by atoms with Gasteiger partial charge >= 0.3 is 0 Å². The summed E-state index contributed by atoms with van der Waals surface area (Å²) in [6.45, 7) is 1.71. The van der Waals surface area contributed by atoms with E-state index in [9.17, 15) is 9.59 Å². The molecule has 30 heavy (non-hydrogen) atoms. The molecule has 0 saturated heterocycles. The summed E-state index contributed by atoms with van der Waals surface area (Å²) in [6.07, 6.45) is 3.10. The zero-order chi connectivity index (χ0) is 21.3. The van der Waals surface area contributed by atoms with E-state index in [1.54, 1.807) is 12.1 Å². The minimum Gasteiger partial charge on any atom is -0.483 e. The lowest BCUT2D eigenvalue weighted by Gasteiger charge is -2.11. The molecule has 0 radical (unpaired) electrons. The van der Waals surface area contributed by atoms with Gasteiger partial charge in [-0.1, -0.05) is 60.7 Å². The lowest BCUT2D eigenvalue weighted by molar-refractivity contribution is -0.123. The third-order valence-corrected chi connectivity index (χ3v) is 4.45. The molecule has 0 heterocycles. The second-order valence-corrected chi connectivity index (χ2v) is 6.86. The van der Waals surface area contributed by atoms with Gasteiger partial charge in [0.1, 0.15) is 5.75 Å². The van der Waals surface area contributed by atoms with Crippen LogP contribution >= 0.6 is 12.2 Å². The van der Waals surface area contributed by atoms with Crippen molar-refractivity contribution >= 4 is 46.0 Å². The monoisotopic (exact) mass is 419 g/mol. The maximum atomic E-state index is 12.1. The van der Waals surface area contributed by atoms with Gasteiger partial charge in [0, 0.05) is 6.08 Å². The van der Waals surface area contributed by atoms with Crippen molar-refractivity contribution in [1.29, 1.82) is 0 Å². The predicted molar refractivity (Wildman–Crippen MR) is 122 cm³/mol. The number of rotatable bonds is 5. The summed E-state index contributed by atoms with van der Waals surface area (Å²) >= 11 is 5.02. The van der Waals surface area contributed by atoms with Gasteiger partial charge in [-0.2, -0.15) is 0 Å². The summed E-state index contributed by atoms with van der Waals surface area (Å²) in [4.78, 5) is 24.0. The molecule has 0 atom stereocenters. The zero-order valence-corrected chi connectivity index (χ0v) is 17.2. The fourth-order valence-corrected chi connectivity index (χ4v) is 2.92. The van der Waals surface area contributed by atoms with Gasteiger partial charge in [-0.15, -0.1) is 0 Å². The highest BCUT2D eigenvalue weighted by Crippen LogP contribution is 2.19. The maximum Gasteiger partial charge on any atom is 0.276 e. The highest BCUT2D eigenvalue weighted by molar-refractivity contribution is 7.80. The fraction of sp³-hybridized carbons (Fsp3) is 0.0870. The third-order valence-electron chi connectivity index (χ3n) is 4.24. The summed E-state index contributed by atoms with van der Waals surface area (Å²) in [7, 11) is 0. The van der Waals surface area contributed by atoms with E-state index in [4.69, 9.17) is 17.0 Å². The number of hydrazine groups is 1. The normalized spacial score (nSPS) is 10.6. The Kier molecular flexibility index (Phi) is 7.13. The lowest BCUT2D eigenvalue weighted by atomic mass is 10.0. The molecule has 0 aliphatic rings. The van der Waals surface area contributed by atoms with Crippen LogP contribution < -0.4 is 20.9 Å². The van der Waals surface area contributed by atoms with Crippen LogP contribution in [0.2, 0.25) is 0 Å². The SMILES string of the molecule is Cc1ccccc1OCC(=O)NNC(=S)NC(=O)C=Cc1cccc2ccccc12. The summed E-state index contributed by atoms with van der Waals surface area (Å²) < 4.78 is 5.44. The number of para-hydroxylation sites is 1. The molecule has 3 rings (SSSR count). The van der Waals surface area contributed by atoms with Gasteiger partial charge in [0.2, 0.25) is 5.91 Å². The molecule has 0 fully saturated rings. The van der Waals surface area contributed by atoms with Crippen LogP contribution in [0.1, 0.15) is 11.1 Å². The molecule has 0 aromatic heterocycles. The van der Waals surface area contributed by atoms with Crippen LogP contribution in [0.3, 0.4) is 0 Å². The number of aryl methyl sites for hydroxylation is 1. The van der Waals surface area contributed by atoms with E-state index in [1.165, 1.54) is 6.08 Å². The largest absolute Gasteiger partial charge is 0.483 e. The third kappa shape index (κ3) is 5.89. The Balaban J connectivity index is 1.45. The summed E-state index contributed by atoms with van der Waals surface area (Å²) in [5, 5.41) is 4.59. The molecule has 0 unspecified atom stereocenters. The first-order chi connectivity index (χ1) is 14.5. The quantitative estimate of drug-likeness (QED) is 0.336. The Morgan fingerprint density at radius 1 is 0.967 bits per heavy atom. The van der Waals surface area contributed by atoms with Gasteiger partial charge in [0.05, 0.1) is 0 Å². The Bertz CT molecular complexity index is 1110. The number of fused-ring (bicyclic) bond motifs is 1. The van der Waals surface area contributed by atoms with Crippen LogP contribution in [0.5, 0.6) is 5.75 Å². The van der Waals surface area contributed by atoms with Crippen LogP contribution in [0, 0.1) is 6.92 Å².